The van der Waals surface area contributed by atoms with Gasteiger partial charge in [0.05, 0.1) is 5.92 Å². The Balaban J connectivity index is 2.23. The molecule has 1 fully saturated rings. The summed E-state index contributed by atoms with van der Waals surface area (Å²) in [7, 11) is 0. The summed E-state index contributed by atoms with van der Waals surface area (Å²) in [5.74, 6) is 0.0633. The molecular weight excluding hydrogens is 214 g/mol. The predicted molar refractivity (Wildman–Crippen MR) is 67.2 cm³/mol. The van der Waals surface area contributed by atoms with Gasteiger partial charge in [-0.3, -0.25) is 4.79 Å². The molecule has 2 atom stereocenters. The Hall–Kier alpha value is -1.25. The molecule has 1 aromatic heterocycles. The Kier molecular flexibility index (Phi) is 3.02. The molecule has 3 nitrogen and oxygen atoms in total. The first-order valence-corrected chi connectivity index (χ1v) is 6.31. The monoisotopic (exact) mass is 235 g/mol. The largest absolute Gasteiger partial charge is 0.481 e. The van der Waals surface area contributed by atoms with E-state index < -0.39 is 5.97 Å². The highest BCUT2D eigenvalue weighted by Gasteiger charge is 2.45. The number of aliphatic carboxylic acids is 1. The van der Waals surface area contributed by atoms with Gasteiger partial charge >= 0.3 is 5.97 Å². The first-order valence-electron chi connectivity index (χ1n) is 6.31. The van der Waals surface area contributed by atoms with Gasteiger partial charge in [-0.05, 0) is 43.7 Å². The number of rotatable bonds is 4. The molecule has 0 spiro atoms. The maximum absolute atomic E-state index is 10.9. The number of carboxylic acids is 1. The lowest BCUT2D eigenvalue weighted by molar-refractivity contribution is -0.138. The van der Waals surface area contributed by atoms with E-state index in [1.807, 2.05) is 0 Å². The van der Waals surface area contributed by atoms with Crippen molar-refractivity contribution >= 4 is 5.97 Å². The zero-order valence-electron chi connectivity index (χ0n) is 11.0. The molecule has 17 heavy (non-hydrogen) atoms. The molecule has 0 amide bonds. The van der Waals surface area contributed by atoms with E-state index in [4.69, 9.17) is 5.11 Å². The van der Waals surface area contributed by atoms with E-state index in [2.05, 4.69) is 38.3 Å². The average molecular weight is 235 g/mol. The molecule has 1 saturated carbocycles. The number of nitrogens with zero attached hydrogens (tertiary/aromatic N) is 1. The van der Waals surface area contributed by atoms with E-state index in [1.165, 1.54) is 17.0 Å². The lowest BCUT2D eigenvalue weighted by Crippen LogP contribution is -2.08. The van der Waals surface area contributed by atoms with Crippen molar-refractivity contribution in [2.45, 2.75) is 46.6 Å². The van der Waals surface area contributed by atoms with Gasteiger partial charge < -0.3 is 9.67 Å². The Morgan fingerprint density at radius 3 is 2.65 bits per heavy atom. The third kappa shape index (κ3) is 2.24. The van der Waals surface area contributed by atoms with Crippen LogP contribution in [0.5, 0.6) is 0 Å². The molecule has 0 radical (unpaired) electrons. The normalized spacial score (nSPS) is 23.1. The van der Waals surface area contributed by atoms with Gasteiger partial charge in [0.1, 0.15) is 0 Å². The fourth-order valence-corrected chi connectivity index (χ4v) is 2.66. The molecule has 2 rings (SSSR count). The fraction of sp³-hybridized carbons (Fsp3) is 0.643. The molecule has 0 unspecified atom stereocenters. The minimum Gasteiger partial charge on any atom is -0.481 e. The van der Waals surface area contributed by atoms with Gasteiger partial charge in [-0.15, -0.1) is 0 Å². The van der Waals surface area contributed by atoms with Crippen LogP contribution in [-0.2, 0) is 11.3 Å². The maximum atomic E-state index is 10.9. The van der Waals surface area contributed by atoms with E-state index in [0.717, 1.165) is 13.0 Å². The zero-order chi connectivity index (χ0) is 12.7. The third-order valence-corrected chi connectivity index (χ3v) is 3.67. The predicted octanol–water partition coefficient (Wildman–Crippen LogP) is 2.95. The molecular formula is C14H21NO2. The summed E-state index contributed by atoms with van der Waals surface area (Å²) < 4.78 is 2.32. The minimum atomic E-state index is -0.649. The minimum absolute atomic E-state index is 0.150. The van der Waals surface area contributed by atoms with E-state index in [-0.39, 0.29) is 11.8 Å². The van der Waals surface area contributed by atoms with Crippen molar-refractivity contribution in [1.82, 2.24) is 4.57 Å². The van der Waals surface area contributed by atoms with Crippen molar-refractivity contribution < 1.29 is 9.90 Å². The molecule has 94 valence electrons. The Labute approximate surface area is 102 Å². The SMILES string of the molecule is Cc1cc([C@@H]2C[C@H]2C(=O)O)c(C)n1CC(C)C. The van der Waals surface area contributed by atoms with Gasteiger partial charge in [0, 0.05) is 17.9 Å². The van der Waals surface area contributed by atoms with Gasteiger partial charge in [0.2, 0.25) is 0 Å². The van der Waals surface area contributed by atoms with Crippen molar-refractivity contribution in [2.24, 2.45) is 11.8 Å². The molecule has 1 N–H and O–H groups in total. The standard InChI is InChI=1S/C14H21NO2/c1-8(2)7-15-9(3)5-11(10(15)4)12-6-13(12)14(16)17/h5,8,12-13H,6-7H2,1-4H3,(H,16,17)/t12-,13+/m0/s1. The van der Waals surface area contributed by atoms with Gasteiger partial charge in [0.25, 0.3) is 0 Å². The van der Waals surface area contributed by atoms with Crippen LogP contribution in [0.15, 0.2) is 6.07 Å². The summed E-state index contributed by atoms with van der Waals surface area (Å²) in [5.41, 5.74) is 3.75. The topological polar surface area (TPSA) is 42.2 Å². The van der Waals surface area contributed by atoms with Crippen molar-refractivity contribution in [3.05, 3.63) is 23.0 Å². The lowest BCUT2D eigenvalue weighted by Gasteiger charge is -2.12. The van der Waals surface area contributed by atoms with Crippen LogP contribution < -0.4 is 0 Å². The summed E-state index contributed by atoms with van der Waals surface area (Å²) in [6.07, 6.45) is 0.807. The number of aromatic nitrogens is 1. The van der Waals surface area contributed by atoms with Crippen molar-refractivity contribution in [2.75, 3.05) is 0 Å². The summed E-state index contributed by atoms with van der Waals surface area (Å²) in [6, 6.07) is 2.17. The molecule has 1 aromatic rings. The Bertz CT molecular complexity index is 445. The van der Waals surface area contributed by atoms with Crippen LogP contribution in [0, 0.1) is 25.7 Å². The lowest BCUT2D eigenvalue weighted by atomic mass is 10.1. The average Bonchev–Trinajstić information content (AvgIpc) is 2.96. The Morgan fingerprint density at radius 1 is 1.53 bits per heavy atom. The molecule has 0 aliphatic heterocycles. The number of carboxylic acid groups (broad SMARTS) is 1. The van der Waals surface area contributed by atoms with Crippen molar-refractivity contribution in [3.63, 3.8) is 0 Å². The van der Waals surface area contributed by atoms with Crippen LogP contribution in [0.2, 0.25) is 0 Å². The fourth-order valence-electron chi connectivity index (χ4n) is 2.66. The molecule has 0 saturated heterocycles. The van der Waals surface area contributed by atoms with Crippen LogP contribution >= 0.6 is 0 Å². The molecule has 0 bridgehead atoms. The second-order valence-electron chi connectivity index (χ2n) is 5.62. The van der Waals surface area contributed by atoms with Crippen molar-refractivity contribution in [3.8, 4) is 0 Å². The molecule has 1 aliphatic carbocycles. The molecule has 1 heterocycles. The first kappa shape index (κ1) is 12.2. The van der Waals surface area contributed by atoms with Crippen LogP contribution in [0.25, 0.3) is 0 Å². The maximum Gasteiger partial charge on any atom is 0.307 e. The molecule has 1 aliphatic rings. The van der Waals surface area contributed by atoms with Crippen LogP contribution in [0.4, 0.5) is 0 Å². The highest BCUT2D eigenvalue weighted by Crippen LogP contribution is 2.49. The highest BCUT2D eigenvalue weighted by atomic mass is 16.4. The zero-order valence-corrected chi connectivity index (χ0v) is 11.0. The number of carbonyl (C=O) groups is 1. The molecule has 3 heteroatoms. The smallest absolute Gasteiger partial charge is 0.307 e. The second kappa shape index (κ2) is 4.21. The summed E-state index contributed by atoms with van der Waals surface area (Å²) in [4.78, 5) is 10.9. The quantitative estimate of drug-likeness (QED) is 0.871. The number of aryl methyl sites for hydroxylation is 1. The van der Waals surface area contributed by atoms with E-state index in [9.17, 15) is 4.79 Å². The van der Waals surface area contributed by atoms with Gasteiger partial charge in [-0.25, -0.2) is 0 Å². The Morgan fingerprint density at radius 2 is 2.18 bits per heavy atom. The van der Waals surface area contributed by atoms with Crippen LogP contribution in [0.1, 0.15) is 43.1 Å². The van der Waals surface area contributed by atoms with E-state index in [0.29, 0.717) is 5.92 Å². The molecule has 0 aromatic carbocycles. The number of hydrogen-bond donors (Lipinski definition) is 1. The van der Waals surface area contributed by atoms with Gasteiger partial charge in [-0.1, -0.05) is 13.8 Å². The van der Waals surface area contributed by atoms with Crippen molar-refractivity contribution in [1.29, 1.82) is 0 Å². The summed E-state index contributed by atoms with van der Waals surface area (Å²) >= 11 is 0. The van der Waals surface area contributed by atoms with Crippen LogP contribution in [-0.4, -0.2) is 15.6 Å². The van der Waals surface area contributed by atoms with Crippen LogP contribution in [0.3, 0.4) is 0 Å². The third-order valence-electron chi connectivity index (χ3n) is 3.67. The summed E-state index contributed by atoms with van der Waals surface area (Å²) in [5, 5.41) is 8.99. The van der Waals surface area contributed by atoms with Gasteiger partial charge in [-0.2, -0.15) is 0 Å². The first-order chi connectivity index (χ1) is 7.91. The second-order valence-corrected chi connectivity index (χ2v) is 5.62. The summed E-state index contributed by atoms with van der Waals surface area (Å²) in [6.45, 7) is 9.65. The highest BCUT2D eigenvalue weighted by molar-refractivity contribution is 5.75. The van der Waals surface area contributed by atoms with E-state index >= 15 is 0 Å². The number of hydrogen-bond acceptors (Lipinski definition) is 1. The van der Waals surface area contributed by atoms with E-state index in [1.54, 1.807) is 0 Å². The van der Waals surface area contributed by atoms with Gasteiger partial charge in [0.15, 0.2) is 0 Å².